The number of aliphatic imine (C=N–C) groups is 1. The Balaban J connectivity index is 0.913. The second-order valence-electron chi connectivity index (χ2n) is 11.4. The maximum absolute atomic E-state index is 14.8. The van der Waals surface area contributed by atoms with E-state index in [-0.39, 0.29) is 24.4 Å². The number of nitrogens with zero attached hydrogens (tertiary/aromatic N) is 4. The quantitative estimate of drug-likeness (QED) is 0.525. The summed E-state index contributed by atoms with van der Waals surface area (Å²) < 4.78 is 22.9. The number of hydrogen-bond acceptors (Lipinski definition) is 5. The Kier molecular flexibility index (Phi) is 7.67. The van der Waals surface area contributed by atoms with Crippen LogP contribution < -0.4 is 10.1 Å². The SMILES string of the molecule is Cn1ccc2c1CCN(C(=O)Cc1ccc(OCC[C@@H]3C[C@@H]3C3CCN(C4N=CC(Cl)=CN4)CC3)cc1F)C2. The van der Waals surface area contributed by atoms with Crippen LogP contribution in [0.4, 0.5) is 4.39 Å². The molecule has 0 radical (unpaired) electrons. The minimum absolute atomic E-state index is 0.00372. The van der Waals surface area contributed by atoms with Gasteiger partial charge in [-0.3, -0.25) is 14.7 Å². The number of aromatic nitrogens is 1. The van der Waals surface area contributed by atoms with E-state index in [1.165, 1.54) is 36.6 Å². The molecule has 4 aliphatic rings. The Hall–Kier alpha value is -2.84. The molecule has 2 aromatic rings. The molecule has 0 bridgehead atoms. The first-order chi connectivity index (χ1) is 18.9. The molecule has 1 saturated carbocycles. The summed E-state index contributed by atoms with van der Waals surface area (Å²) in [5, 5.41) is 3.89. The number of rotatable bonds is 8. The Morgan fingerprint density at radius 1 is 1.23 bits per heavy atom. The van der Waals surface area contributed by atoms with Gasteiger partial charge in [-0.15, -0.1) is 0 Å². The molecule has 1 aromatic carbocycles. The Morgan fingerprint density at radius 2 is 2.08 bits per heavy atom. The molecule has 4 heterocycles. The average molecular weight is 554 g/mol. The maximum Gasteiger partial charge on any atom is 0.227 e. The normalized spacial score (nSPS) is 25.2. The van der Waals surface area contributed by atoms with Gasteiger partial charge in [0.15, 0.2) is 6.29 Å². The van der Waals surface area contributed by atoms with Gasteiger partial charge in [0.1, 0.15) is 11.6 Å². The number of halogens is 2. The lowest BCUT2D eigenvalue weighted by Gasteiger charge is -2.36. The number of carbonyl (C=O) groups is 1. The van der Waals surface area contributed by atoms with Crippen LogP contribution in [-0.4, -0.2) is 59.0 Å². The lowest BCUT2D eigenvalue weighted by atomic mass is 9.90. The summed E-state index contributed by atoms with van der Waals surface area (Å²) in [4.78, 5) is 21.5. The third-order valence-corrected chi connectivity index (χ3v) is 9.17. The van der Waals surface area contributed by atoms with E-state index in [1.54, 1.807) is 18.3 Å². The highest BCUT2D eigenvalue weighted by atomic mass is 35.5. The number of hydrogen-bond donors (Lipinski definition) is 1. The number of allylic oxidation sites excluding steroid dienone is 1. The number of nitrogens with one attached hydrogen (secondary N) is 1. The van der Waals surface area contributed by atoms with Crippen LogP contribution >= 0.6 is 11.6 Å². The molecule has 1 unspecified atom stereocenters. The number of piperidine rings is 1. The Morgan fingerprint density at radius 3 is 2.85 bits per heavy atom. The number of likely N-dealkylation sites (tertiary alicyclic amines) is 1. The van der Waals surface area contributed by atoms with Gasteiger partial charge >= 0.3 is 0 Å². The summed E-state index contributed by atoms with van der Waals surface area (Å²) in [5.74, 6) is 2.37. The van der Waals surface area contributed by atoms with Crippen LogP contribution in [0, 0.1) is 23.6 Å². The van der Waals surface area contributed by atoms with Crippen molar-refractivity contribution in [1.82, 2.24) is 19.7 Å². The number of benzene rings is 1. The summed E-state index contributed by atoms with van der Waals surface area (Å²) >= 11 is 5.95. The molecule has 1 aliphatic carbocycles. The number of amides is 1. The van der Waals surface area contributed by atoms with E-state index in [0.29, 0.717) is 42.0 Å². The molecular formula is C30H37ClFN5O2. The van der Waals surface area contributed by atoms with Crippen LogP contribution in [-0.2, 0) is 31.2 Å². The third kappa shape index (κ3) is 6.02. The van der Waals surface area contributed by atoms with Crippen LogP contribution in [0.3, 0.4) is 0 Å². The van der Waals surface area contributed by atoms with E-state index >= 15 is 0 Å². The van der Waals surface area contributed by atoms with Gasteiger partial charge in [0.2, 0.25) is 5.91 Å². The molecule has 6 rings (SSSR count). The van der Waals surface area contributed by atoms with Crippen molar-refractivity contribution in [2.24, 2.45) is 29.8 Å². The van der Waals surface area contributed by atoms with Gasteiger partial charge in [0, 0.05) is 70.0 Å². The van der Waals surface area contributed by atoms with E-state index in [2.05, 4.69) is 25.8 Å². The Labute approximate surface area is 234 Å². The van der Waals surface area contributed by atoms with Crippen LogP contribution in [0.5, 0.6) is 5.75 Å². The fourth-order valence-electron chi connectivity index (χ4n) is 6.55. The van der Waals surface area contributed by atoms with Crippen LogP contribution in [0.1, 0.15) is 42.5 Å². The first-order valence-electron chi connectivity index (χ1n) is 14.2. The smallest absolute Gasteiger partial charge is 0.227 e. The van der Waals surface area contributed by atoms with Gasteiger partial charge in [-0.05, 0) is 66.7 Å². The molecule has 3 atom stereocenters. The molecule has 9 heteroatoms. The van der Waals surface area contributed by atoms with Gasteiger partial charge in [0.05, 0.1) is 18.1 Å². The molecule has 39 heavy (non-hydrogen) atoms. The molecule has 2 fully saturated rings. The summed E-state index contributed by atoms with van der Waals surface area (Å²) in [6.07, 6.45) is 11.1. The zero-order valence-electron chi connectivity index (χ0n) is 22.5. The van der Waals surface area contributed by atoms with Crippen LogP contribution in [0.25, 0.3) is 0 Å². The number of fused-ring (bicyclic) bond motifs is 1. The monoisotopic (exact) mass is 553 g/mol. The fourth-order valence-corrected chi connectivity index (χ4v) is 6.67. The average Bonchev–Trinajstić information content (AvgIpc) is 3.63. The highest BCUT2D eigenvalue weighted by Gasteiger charge is 2.43. The number of ether oxygens (including phenoxy) is 1. The van der Waals surface area contributed by atoms with E-state index in [4.69, 9.17) is 16.3 Å². The second-order valence-corrected chi connectivity index (χ2v) is 11.8. The molecular weight excluding hydrogens is 517 g/mol. The standard InChI is InChI=1S/C30H37ClFN5O2/c1-35-9-4-23-19-37(12-7-28(23)35)29(38)15-22-2-3-25(16-27(22)32)39-13-8-21-14-26(21)20-5-10-36(11-6-20)30-33-17-24(31)18-34-30/h2-4,9,16-18,20-21,26,30,33H,5-8,10-15,19H2,1H3/t21-,26-,30?/m1/s1. The summed E-state index contributed by atoms with van der Waals surface area (Å²) in [5.41, 5.74) is 2.88. The van der Waals surface area contributed by atoms with Gasteiger partial charge in [-0.2, -0.15) is 0 Å². The van der Waals surface area contributed by atoms with E-state index in [9.17, 15) is 9.18 Å². The van der Waals surface area contributed by atoms with Crippen molar-refractivity contribution in [3.05, 3.63) is 64.3 Å². The molecule has 1 aromatic heterocycles. The highest BCUT2D eigenvalue weighted by molar-refractivity contribution is 6.39. The van der Waals surface area contributed by atoms with Gasteiger partial charge < -0.3 is 19.5 Å². The van der Waals surface area contributed by atoms with Gasteiger partial charge in [0.25, 0.3) is 0 Å². The van der Waals surface area contributed by atoms with E-state index in [0.717, 1.165) is 37.8 Å². The predicted molar refractivity (Wildman–Crippen MR) is 150 cm³/mol. The first kappa shape index (κ1) is 26.4. The highest BCUT2D eigenvalue weighted by Crippen LogP contribution is 2.49. The van der Waals surface area contributed by atoms with Crippen molar-refractivity contribution in [3.63, 3.8) is 0 Å². The second kappa shape index (κ2) is 11.3. The van der Waals surface area contributed by atoms with Crippen molar-refractivity contribution >= 4 is 23.7 Å². The minimum Gasteiger partial charge on any atom is -0.493 e. The summed E-state index contributed by atoms with van der Waals surface area (Å²) in [6.45, 7) is 3.96. The predicted octanol–water partition coefficient (Wildman–Crippen LogP) is 4.45. The lowest BCUT2D eigenvalue weighted by molar-refractivity contribution is -0.131. The molecule has 7 nitrogen and oxygen atoms in total. The van der Waals surface area contributed by atoms with Crippen molar-refractivity contribution in [2.45, 2.75) is 51.4 Å². The molecule has 0 spiro atoms. The topological polar surface area (TPSA) is 62.1 Å². The van der Waals surface area contributed by atoms with Crippen molar-refractivity contribution in [2.75, 3.05) is 26.2 Å². The minimum atomic E-state index is -0.371. The number of aryl methyl sites for hydroxylation is 1. The van der Waals surface area contributed by atoms with Crippen molar-refractivity contribution in [3.8, 4) is 5.75 Å². The first-order valence-corrected chi connectivity index (χ1v) is 14.5. The van der Waals surface area contributed by atoms with Gasteiger partial charge in [-0.25, -0.2) is 4.39 Å². The van der Waals surface area contributed by atoms with E-state index < -0.39 is 0 Å². The van der Waals surface area contributed by atoms with Gasteiger partial charge in [-0.1, -0.05) is 17.7 Å². The molecule has 1 amide bonds. The Bertz CT molecular complexity index is 1270. The fraction of sp³-hybridized carbons (Fsp3) is 0.533. The van der Waals surface area contributed by atoms with E-state index in [1.807, 2.05) is 24.3 Å². The summed E-state index contributed by atoms with van der Waals surface area (Å²) in [7, 11) is 2.03. The number of carbonyl (C=O) groups excluding carboxylic acids is 1. The zero-order chi connectivity index (χ0) is 26.9. The molecule has 1 saturated heterocycles. The lowest BCUT2D eigenvalue weighted by Crippen LogP contribution is -2.47. The van der Waals surface area contributed by atoms with Crippen molar-refractivity contribution in [1.29, 1.82) is 0 Å². The van der Waals surface area contributed by atoms with Crippen LogP contribution in [0.15, 0.2) is 46.7 Å². The maximum atomic E-state index is 14.8. The molecule has 3 aliphatic heterocycles. The van der Waals surface area contributed by atoms with Crippen LogP contribution in [0.2, 0.25) is 0 Å². The zero-order valence-corrected chi connectivity index (χ0v) is 23.2. The third-order valence-electron chi connectivity index (χ3n) is 8.96. The largest absolute Gasteiger partial charge is 0.493 e. The molecule has 1 N–H and O–H groups in total. The molecule has 208 valence electrons. The van der Waals surface area contributed by atoms with Crippen molar-refractivity contribution < 1.29 is 13.9 Å². The summed E-state index contributed by atoms with van der Waals surface area (Å²) in [6, 6.07) is 6.98.